The molecule has 0 saturated carbocycles. The molecule has 6 nitrogen and oxygen atoms in total. The average Bonchev–Trinajstić information content (AvgIpc) is 2.95. The topological polar surface area (TPSA) is 80.7 Å². The normalized spacial score (nSPS) is 17.0. The van der Waals surface area contributed by atoms with Gasteiger partial charge in [-0.05, 0) is 35.7 Å². The zero-order valence-corrected chi connectivity index (χ0v) is 11.9. The first-order chi connectivity index (χ1) is 10.7. The number of rotatable bonds is 5. The highest BCUT2D eigenvalue weighted by atomic mass is 16.6. The van der Waals surface area contributed by atoms with Gasteiger partial charge in [0.2, 0.25) is 5.88 Å². The third-order valence-corrected chi connectivity index (χ3v) is 3.35. The summed E-state index contributed by atoms with van der Waals surface area (Å²) in [5.74, 6) is 1.15. The van der Waals surface area contributed by atoms with Gasteiger partial charge in [0.05, 0.1) is 12.6 Å². The number of hydrogen-bond donors (Lipinski definition) is 2. The predicted octanol–water partition coefficient (Wildman–Crippen LogP) is 2.02. The lowest BCUT2D eigenvalue weighted by Crippen LogP contribution is -2.28. The van der Waals surface area contributed by atoms with Crippen LogP contribution in [0.3, 0.4) is 0 Å². The molecule has 3 rings (SSSR count). The lowest BCUT2D eigenvalue weighted by atomic mass is 10.1. The Morgan fingerprint density at radius 1 is 1.23 bits per heavy atom. The number of nitrogens with zero attached hydrogens (tertiary/aromatic N) is 1. The number of ether oxygens (including phenoxy) is 2. The molecule has 2 heterocycles. The average molecular weight is 300 g/mol. The van der Waals surface area contributed by atoms with Gasteiger partial charge in [0, 0.05) is 12.3 Å². The summed E-state index contributed by atoms with van der Waals surface area (Å²) < 4.78 is 10.5. The standard InChI is InChI=1S/C16H16N2O4/c19-9-12-3-6-15(17-8-12)22-14-4-1-11(2-5-14)7-13-10-21-16(20)18-13/h1-6,8,13,19H,7,9-10H2,(H,18,20)/t13-/m0/s1. The van der Waals surface area contributed by atoms with E-state index in [2.05, 4.69) is 10.3 Å². The fraction of sp³-hybridized carbons (Fsp3) is 0.250. The van der Waals surface area contributed by atoms with Crippen LogP contribution >= 0.6 is 0 Å². The second kappa shape index (κ2) is 6.44. The summed E-state index contributed by atoms with van der Waals surface area (Å²) in [6.07, 6.45) is 1.93. The van der Waals surface area contributed by atoms with Crippen LogP contribution in [0.15, 0.2) is 42.6 Å². The molecule has 0 spiro atoms. The number of nitrogens with one attached hydrogen (secondary N) is 1. The maximum Gasteiger partial charge on any atom is 0.407 e. The Hall–Kier alpha value is -2.60. The van der Waals surface area contributed by atoms with E-state index in [4.69, 9.17) is 14.6 Å². The van der Waals surface area contributed by atoms with Gasteiger partial charge in [-0.15, -0.1) is 0 Å². The number of pyridine rings is 1. The Morgan fingerprint density at radius 3 is 2.59 bits per heavy atom. The number of benzene rings is 1. The molecule has 2 N–H and O–H groups in total. The number of aliphatic hydroxyl groups excluding tert-OH is 1. The molecule has 0 unspecified atom stereocenters. The molecular formula is C16H16N2O4. The third kappa shape index (κ3) is 3.53. The van der Waals surface area contributed by atoms with Gasteiger partial charge in [0.1, 0.15) is 12.4 Å². The smallest absolute Gasteiger partial charge is 0.407 e. The number of aromatic nitrogens is 1. The summed E-state index contributed by atoms with van der Waals surface area (Å²) in [6.45, 7) is 0.363. The molecule has 22 heavy (non-hydrogen) atoms. The zero-order valence-electron chi connectivity index (χ0n) is 11.9. The molecule has 1 aliphatic heterocycles. The number of carbonyl (C=O) groups excluding carboxylic acids is 1. The van der Waals surface area contributed by atoms with Crippen molar-refractivity contribution in [3.63, 3.8) is 0 Å². The molecule has 1 aliphatic rings. The van der Waals surface area contributed by atoms with Crippen LogP contribution in [0.2, 0.25) is 0 Å². The van der Waals surface area contributed by atoms with Crippen molar-refractivity contribution >= 4 is 6.09 Å². The number of carbonyl (C=O) groups is 1. The van der Waals surface area contributed by atoms with Gasteiger partial charge in [-0.3, -0.25) is 0 Å². The van der Waals surface area contributed by atoms with Gasteiger partial charge in [-0.25, -0.2) is 9.78 Å². The van der Waals surface area contributed by atoms with Crippen LogP contribution in [0.4, 0.5) is 4.79 Å². The summed E-state index contributed by atoms with van der Waals surface area (Å²) in [5.41, 5.74) is 1.83. The highest BCUT2D eigenvalue weighted by Crippen LogP contribution is 2.20. The molecule has 1 amide bonds. The van der Waals surface area contributed by atoms with Crippen molar-refractivity contribution in [2.75, 3.05) is 6.61 Å². The molecule has 2 aromatic rings. The number of amides is 1. The van der Waals surface area contributed by atoms with Gasteiger partial charge in [-0.1, -0.05) is 12.1 Å². The summed E-state index contributed by atoms with van der Waals surface area (Å²) in [4.78, 5) is 15.1. The zero-order chi connectivity index (χ0) is 15.4. The number of hydrogen-bond acceptors (Lipinski definition) is 5. The molecule has 1 aromatic carbocycles. The highest BCUT2D eigenvalue weighted by Gasteiger charge is 2.21. The van der Waals surface area contributed by atoms with Gasteiger partial charge in [0.25, 0.3) is 0 Å². The minimum Gasteiger partial charge on any atom is -0.447 e. The number of cyclic esters (lactones) is 1. The van der Waals surface area contributed by atoms with E-state index in [0.29, 0.717) is 18.2 Å². The first kappa shape index (κ1) is 14.3. The number of alkyl carbamates (subject to hydrolysis) is 1. The van der Waals surface area contributed by atoms with Crippen LogP contribution in [-0.2, 0) is 17.8 Å². The maximum absolute atomic E-state index is 11.0. The lowest BCUT2D eigenvalue weighted by Gasteiger charge is -2.09. The minimum absolute atomic E-state index is 0.0203. The van der Waals surface area contributed by atoms with Crippen molar-refractivity contribution in [2.24, 2.45) is 0 Å². The quantitative estimate of drug-likeness (QED) is 0.883. The van der Waals surface area contributed by atoms with Crippen molar-refractivity contribution in [1.29, 1.82) is 0 Å². The molecule has 0 radical (unpaired) electrons. The largest absolute Gasteiger partial charge is 0.447 e. The van der Waals surface area contributed by atoms with E-state index in [-0.39, 0.29) is 18.7 Å². The Balaban J connectivity index is 1.59. The van der Waals surface area contributed by atoms with Crippen LogP contribution in [0, 0.1) is 0 Å². The van der Waals surface area contributed by atoms with Crippen LogP contribution in [0.5, 0.6) is 11.6 Å². The Labute approximate surface area is 127 Å². The Kier molecular flexibility index (Phi) is 4.20. The van der Waals surface area contributed by atoms with Gasteiger partial charge in [0.15, 0.2) is 0 Å². The summed E-state index contributed by atoms with van der Waals surface area (Å²) in [5, 5.41) is 11.7. The van der Waals surface area contributed by atoms with E-state index in [9.17, 15) is 4.79 Å². The Morgan fingerprint density at radius 2 is 2.00 bits per heavy atom. The molecule has 1 aromatic heterocycles. The summed E-state index contributed by atoms with van der Waals surface area (Å²) in [6, 6.07) is 11.1. The molecule has 0 bridgehead atoms. The van der Waals surface area contributed by atoms with Crippen LogP contribution in [-0.4, -0.2) is 28.8 Å². The van der Waals surface area contributed by atoms with Crippen molar-refractivity contribution < 1.29 is 19.4 Å². The molecule has 1 saturated heterocycles. The molecule has 1 atom stereocenters. The first-order valence-corrected chi connectivity index (χ1v) is 6.99. The van der Waals surface area contributed by atoms with Gasteiger partial charge < -0.3 is 19.9 Å². The summed E-state index contributed by atoms with van der Waals surface area (Å²) >= 11 is 0. The van der Waals surface area contributed by atoms with E-state index in [0.717, 1.165) is 17.5 Å². The van der Waals surface area contributed by atoms with Crippen molar-refractivity contribution in [3.05, 3.63) is 53.7 Å². The number of aliphatic hydroxyl groups is 1. The van der Waals surface area contributed by atoms with Crippen LogP contribution < -0.4 is 10.1 Å². The molecule has 0 aliphatic carbocycles. The monoisotopic (exact) mass is 300 g/mol. The van der Waals surface area contributed by atoms with Crippen LogP contribution in [0.25, 0.3) is 0 Å². The Bertz CT molecular complexity index is 640. The highest BCUT2D eigenvalue weighted by molar-refractivity contribution is 5.69. The van der Waals surface area contributed by atoms with E-state index >= 15 is 0 Å². The van der Waals surface area contributed by atoms with E-state index in [1.54, 1.807) is 18.3 Å². The van der Waals surface area contributed by atoms with Crippen LogP contribution in [0.1, 0.15) is 11.1 Å². The van der Waals surface area contributed by atoms with E-state index < -0.39 is 0 Å². The molecular weight excluding hydrogens is 284 g/mol. The minimum atomic E-state index is -0.359. The fourth-order valence-electron chi connectivity index (χ4n) is 2.20. The second-order valence-corrected chi connectivity index (χ2v) is 5.05. The lowest BCUT2D eigenvalue weighted by molar-refractivity contribution is 0.177. The van der Waals surface area contributed by atoms with Crippen molar-refractivity contribution in [2.45, 2.75) is 19.1 Å². The summed E-state index contributed by atoms with van der Waals surface area (Å²) in [7, 11) is 0. The molecule has 114 valence electrons. The predicted molar refractivity (Wildman–Crippen MR) is 78.7 cm³/mol. The fourth-order valence-corrected chi connectivity index (χ4v) is 2.20. The van der Waals surface area contributed by atoms with E-state index in [1.807, 2.05) is 24.3 Å². The van der Waals surface area contributed by atoms with Crippen molar-refractivity contribution in [1.82, 2.24) is 10.3 Å². The SMILES string of the molecule is O=C1N[C@@H](Cc2ccc(Oc3ccc(CO)cn3)cc2)CO1. The first-order valence-electron chi connectivity index (χ1n) is 6.99. The molecule has 1 fully saturated rings. The van der Waals surface area contributed by atoms with E-state index in [1.165, 1.54) is 0 Å². The maximum atomic E-state index is 11.0. The second-order valence-electron chi connectivity index (χ2n) is 5.05. The van der Waals surface area contributed by atoms with Crippen molar-refractivity contribution in [3.8, 4) is 11.6 Å². The third-order valence-electron chi connectivity index (χ3n) is 3.35. The van der Waals surface area contributed by atoms with Gasteiger partial charge >= 0.3 is 6.09 Å². The van der Waals surface area contributed by atoms with Gasteiger partial charge in [-0.2, -0.15) is 0 Å². The molecule has 6 heteroatoms.